The number of hydrogen-bond donors (Lipinski definition) is 0. The number of benzene rings is 2. The standard InChI is InChI=1S/C18H14O5S.Na.H/c19-18-15-8-7-14(22-9-4-10-24(20)21)11-17(15)23-12-16(18)13-5-2-1-3-6-13;;/h1-3,5-8,10-12H,4,9H2;;/q;+1;-1. The fourth-order valence-corrected chi connectivity index (χ4v) is 2.63. The van der Waals surface area contributed by atoms with Crippen molar-refractivity contribution >= 4 is 26.6 Å². The van der Waals surface area contributed by atoms with Gasteiger partial charge in [-0.2, -0.15) is 8.42 Å². The van der Waals surface area contributed by atoms with Gasteiger partial charge in [-0.25, -0.2) is 0 Å². The van der Waals surface area contributed by atoms with Crippen LogP contribution in [-0.2, 0) is 10.3 Å². The van der Waals surface area contributed by atoms with Crippen LogP contribution in [0.3, 0.4) is 0 Å². The van der Waals surface area contributed by atoms with Gasteiger partial charge in [0.1, 0.15) is 17.6 Å². The van der Waals surface area contributed by atoms with Crippen LogP contribution in [0.1, 0.15) is 7.85 Å². The van der Waals surface area contributed by atoms with Crippen molar-refractivity contribution in [2.75, 3.05) is 6.61 Å². The number of ether oxygens (including phenoxy) is 1. The summed E-state index contributed by atoms with van der Waals surface area (Å²) < 4.78 is 31.9. The van der Waals surface area contributed by atoms with Crippen molar-refractivity contribution in [1.82, 2.24) is 0 Å². The maximum absolute atomic E-state index is 12.6. The first-order valence-corrected chi connectivity index (χ1v) is 8.44. The summed E-state index contributed by atoms with van der Waals surface area (Å²) in [5.74, 6) is 0.517. The predicted molar refractivity (Wildman–Crippen MR) is 94.1 cm³/mol. The Labute approximate surface area is 169 Å². The van der Waals surface area contributed by atoms with Crippen LogP contribution in [0.4, 0.5) is 0 Å². The van der Waals surface area contributed by atoms with Crippen LogP contribution < -0.4 is 39.7 Å². The van der Waals surface area contributed by atoms with E-state index in [1.54, 1.807) is 18.2 Å². The van der Waals surface area contributed by atoms with Gasteiger partial charge in [0.15, 0.2) is 5.43 Å². The Balaban J connectivity index is 0.00000169. The first-order valence-electron chi connectivity index (χ1n) is 7.30. The SMILES string of the molecule is O=c1c(-c2ccccc2)coc2cc(OCCC=S(=O)=O)ccc12.[H-].[Na+]. The summed E-state index contributed by atoms with van der Waals surface area (Å²) in [6.45, 7) is 0.228. The maximum atomic E-state index is 12.6. The summed E-state index contributed by atoms with van der Waals surface area (Å²) in [4.78, 5) is 12.6. The second-order valence-corrected chi connectivity index (χ2v) is 5.92. The Kier molecular flexibility index (Phi) is 7.01. The third-order valence-corrected chi connectivity index (χ3v) is 3.98. The molecular formula is C18H15NaO5S. The van der Waals surface area contributed by atoms with Gasteiger partial charge < -0.3 is 10.6 Å². The van der Waals surface area contributed by atoms with Gasteiger partial charge in [0, 0.05) is 17.9 Å². The molecule has 0 unspecified atom stereocenters. The molecule has 0 amide bonds. The van der Waals surface area contributed by atoms with Gasteiger partial charge in [-0.1, -0.05) is 30.3 Å². The maximum Gasteiger partial charge on any atom is 1.00 e. The van der Waals surface area contributed by atoms with Crippen LogP contribution in [0.15, 0.2) is 64.0 Å². The second kappa shape index (κ2) is 9.01. The van der Waals surface area contributed by atoms with Crippen molar-refractivity contribution in [2.45, 2.75) is 6.42 Å². The molecule has 1 heterocycles. The molecule has 2 aromatic carbocycles. The Hall–Kier alpha value is -1.86. The molecule has 124 valence electrons. The fraction of sp³-hybridized carbons (Fsp3) is 0.111. The van der Waals surface area contributed by atoms with Crippen LogP contribution in [0.25, 0.3) is 22.1 Å². The predicted octanol–water partition coefficient (Wildman–Crippen LogP) is 0.0267. The van der Waals surface area contributed by atoms with E-state index in [2.05, 4.69) is 0 Å². The van der Waals surface area contributed by atoms with Crippen LogP contribution in [0, 0.1) is 0 Å². The van der Waals surface area contributed by atoms with Crippen molar-refractivity contribution < 1.29 is 48.6 Å². The molecule has 25 heavy (non-hydrogen) atoms. The van der Waals surface area contributed by atoms with Gasteiger partial charge >= 0.3 is 29.6 Å². The van der Waals surface area contributed by atoms with Gasteiger partial charge in [0.05, 0.1) is 17.6 Å². The molecule has 0 aliphatic carbocycles. The van der Waals surface area contributed by atoms with E-state index in [4.69, 9.17) is 9.15 Å². The molecule has 0 atom stereocenters. The minimum Gasteiger partial charge on any atom is -1.00 e. The Morgan fingerprint density at radius 1 is 1.12 bits per heavy atom. The molecule has 0 bridgehead atoms. The third-order valence-electron chi connectivity index (χ3n) is 3.47. The summed E-state index contributed by atoms with van der Waals surface area (Å²) in [5.41, 5.74) is 1.62. The van der Waals surface area contributed by atoms with Gasteiger partial charge in [-0.15, -0.1) is 0 Å². The van der Waals surface area contributed by atoms with Gasteiger partial charge in [0.25, 0.3) is 0 Å². The normalized spacial score (nSPS) is 10.1. The molecule has 0 aliphatic heterocycles. The average Bonchev–Trinajstić information content (AvgIpc) is 2.59. The summed E-state index contributed by atoms with van der Waals surface area (Å²) >= 11 is 0. The van der Waals surface area contributed by atoms with Gasteiger partial charge in [-0.05, 0) is 17.7 Å². The largest absolute Gasteiger partial charge is 1.00 e. The minimum absolute atomic E-state index is 0. The van der Waals surface area contributed by atoms with Crippen LogP contribution >= 0.6 is 0 Å². The number of rotatable bonds is 5. The van der Waals surface area contributed by atoms with Crippen molar-refractivity contribution in [3.63, 3.8) is 0 Å². The molecule has 0 aliphatic rings. The smallest absolute Gasteiger partial charge is 1.00 e. The summed E-state index contributed by atoms with van der Waals surface area (Å²) in [6, 6.07) is 14.3. The van der Waals surface area contributed by atoms with E-state index in [9.17, 15) is 13.2 Å². The van der Waals surface area contributed by atoms with Crippen LogP contribution in [0.5, 0.6) is 5.75 Å². The molecule has 5 nitrogen and oxygen atoms in total. The number of hydrogen-bond acceptors (Lipinski definition) is 5. The molecule has 3 aromatic rings. The Bertz CT molecular complexity index is 1050. The van der Waals surface area contributed by atoms with E-state index in [-0.39, 0.29) is 49.4 Å². The second-order valence-electron chi connectivity index (χ2n) is 5.07. The molecule has 0 N–H and O–H groups in total. The van der Waals surface area contributed by atoms with E-state index in [0.29, 0.717) is 22.3 Å². The molecular weight excluding hydrogens is 351 g/mol. The molecule has 0 fully saturated rings. The summed E-state index contributed by atoms with van der Waals surface area (Å²) in [5, 5.41) is 1.60. The molecule has 0 radical (unpaired) electrons. The van der Waals surface area contributed by atoms with E-state index in [1.807, 2.05) is 30.3 Å². The molecule has 0 spiro atoms. The van der Waals surface area contributed by atoms with Crippen molar-refractivity contribution in [3.05, 3.63) is 65.0 Å². The molecule has 0 saturated carbocycles. The minimum atomic E-state index is -2.18. The van der Waals surface area contributed by atoms with Gasteiger partial charge in [0.2, 0.25) is 10.3 Å². The topological polar surface area (TPSA) is 73.6 Å². The molecule has 3 rings (SSSR count). The molecule has 1 aromatic heterocycles. The van der Waals surface area contributed by atoms with Crippen molar-refractivity contribution in [1.29, 1.82) is 0 Å². The molecule has 0 saturated heterocycles. The van der Waals surface area contributed by atoms with Crippen molar-refractivity contribution in [2.24, 2.45) is 0 Å². The first-order chi connectivity index (χ1) is 11.6. The number of fused-ring (bicyclic) bond motifs is 1. The van der Waals surface area contributed by atoms with E-state index < -0.39 is 10.3 Å². The average molecular weight is 366 g/mol. The van der Waals surface area contributed by atoms with E-state index in [0.717, 1.165) is 10.9 Å². The van der Waals surface area contributed by atoms with Crippen LogP contribution in [0.2, 0.25) is 0 Å². The zero-order chi connectivity index (χ0) is 16.9. The fourth-order valence-electron chi connectivity index (χ4n) is 2.34. The van der Waals surface area contributed by atoms with E-state index in [1.165, 1.54) is 6.26 Å². The zero-order valence-electron chi connectivity index (χ0n) is 14.6. The monoisotopic (exact) mass is 366 g/mol. The quantitative estimate of drug-likeness (QED) is 0.362. The summed E-state index contributed by atoms with van der Waals surface area (Å²) in [6.07, 6.45) is 1.73. The Morgan fingerprint density at radius 3 is 2.60 bits per heavy atom. The van der Waals surface area contributed by atoms with Crippen LogP contribution in [-0.4, -0.2) is 20.4 Å². The first kappa shape index (κ1) is 19.5. The van der Waals surface area contributed by atoms with Crippen molar-refractivity contribution in [3.8, 4) is 16.9 Å². The Morgan fingerprint density at radius 2 is 1.88 bits per heavy atom. The third kappa shape index (κ3) is 4.83. The van der Waals surface area contributed by atoms with E-state index >= 15 is 0 Å². The summed E-state index contributed by atoms with van der Waals surface area (Å²) in [7, 11) is -2.18. The zero-order valence-corrected chi connectivity index (χ0v) is 16.5. The van der Waals surface area contributed by atoms with Gasteiger partial charge in [-0.3, -0.25) is 4.79 Å². The molecule has 7 heteroatoms.